The molecule has 0 bridgehead atoms. The lowest BCUT2D eigenvalue weighted by molar-refractivity contribution is 0.0394. The number of rotatable bonds is 0. The summed E-state index contributed by atoms with van der Waals surface area (Å²) in [6.45, 7) is 4.10. The highest BCUT2D eigenvalue weighted by Crippen LogP contribution is 2.25. The molecule has 1 aliphatic carbocycles. The summed E-state index contributed by atoms with van der Waals surface area (Å²) in [5, 5.41) is 9.77. The zero-order chi connectivity index (χ0) is 8.32. The lowest BCUT2D eigenvalue weighted by Crippen LogP contribution is -2.24. The fraction of sp³-hybridized carbons (Fsp3) is 0.800. The maximum atomic E-state index is 9.77. The van der Waals surface area contributed by atoms with Gasteiger partial charge in [0.15, 0.2) is 0 Å². The molecule has 0 fully saturated rings. The average molecular weight is 154 g/mol. The normalized spacial score (nSPS) is 38.6. The van der Waals surface area contributed by atoms with E-state index < -0.39 is 5.60 Å². The van der Waals surface area contributed by atoms with Gasteiger partial charge in [-0.25, -0.2) is 0 Å². The number of hydrogen-bond acceptors (Lipinski definition) is 1. The first-order valence-corrected chi connectivity index (χ1v) is 4.48. The highest BCUT2D eigenvalue weighted by atomic mass is 16.3. The summed E-state index contributed by atoms with van der Waals surface area (Å²) in [6, 6.07) is 0. The summed E-state index contributed by atoms with van der Waals surface area (Å²) >= 11 is 0. The zero-order valence-electron chi connectivity index (χ0n) is 7.56. The van der Waals surface area contributed by atoms with Crippen LogP contribution in [0.25, 0.3) is 0 Å². The Bertz CT molecular complexity index is 156. The molecule has 0 aliphatic heterocycles. The van der Waals surface area contributed by atoms with Crippen LogP contribution < -0.4 is 0 Å². The third-order valence-electron chi connectivity index (χ3n) is 2.47. The molecule has 1 heteroatoms. The first-order valence-electron chi connectivity index (χ1n) is 4.48. The Balaban J connectivity index is 2.52. The Morgan fingerprint density at radius 3 is 2.91 bits per heavy atom. The van der Waals surface area contributed by atoms with Crippen LogP contribution in [-0.2, 0) is 0 Å². The van der Waals surface area contributed by atoms with E-state index in [1.54, 1.807) is 0 Å². The summed E-state index contributed by atoms with van der Waals surface area (Å²) in [6.07, 6.45) is 7.51. The first kappa shape index (κ1) is 8.79. The Kier molecular flexibility index (Phi) is 2.72. The minimum Gasteiger partial charge on any atom is -0.390 e. The van der Waals surface area contributed by atoms with Gasteiger partial charge >= 0.3 is 0 Å². The molecule has 64 valence electrons. The molecule has 0 aromatic rings. The number of aliphatic hydroxyl groups is 1. The van der Waals surface area contributed by atoms with Gasteiger partial charge in [-0.15, -0.1) is 0 Å². The van der Waals surface area contributed by atoms with Crippen LogP contribution in [0.3, 0.4) is 0 Å². The van der Waals surface area contributed by atoms with Crippen molar-refractivity contribution in [3.05, 3.63) is 11.6 Å². The van der Waals surface area contributed by atoms with E-state index in [1.807, 2.05) is 6.92 Å². The molecule has 0 aromatic carbocycles. The maximum absolute atomic E-state index is 9.77. The Morgan fingerprint density at radius 2 is 2.18 bits per heavy atom. The van der Waals surface area contributed by atoms with Crippen molar-refractivity contribution in [1.82, 2.24) is 0 Å². The molecular weight excluding hydrogens is 136 g/mol. The highest BCUT2D eigenvalue weighted by molar-refractivity contribution is 5.00. The Labute approximate surface area is 69.1 Å². The Hall–Kier alpha value is -0.300. The van der Waals surface area contributed by atoms with Gasteiger partial charge in [-0.05, 0) is 46.0 Å². The van der Waals surface area contributed by atoms with Crippen molar-refractivity contribution in [1.29, 1.82) is 0 Å². The van der Waals surface area contributed by atoms with E-state index >= 15 is 0 Å². The van der Waals surface area contributed by atoms with Gasteiger partial charge in [0.05, 0.1) is 5.60 Å². The predicted octanol–water partition coefficient (Wildman–Crippen LogP) is 2.65. The van der Waals surface area contributed by atoms with E-state index in [4.69, 9.17) is 0 Å². The van der Waals surface area contributed by atoms with Crippen molar-refractivity contribution >= 4 is 0 Å². The van der Waals surface area contributed by atoms with E-state index in [9.17, 15) is 5.11 Å². The van der Waals surface area contributed by atoms with Crippen LogP contribution in [0.4, 0.5) is 0 Å². The van der Waals surface area contributed by atoms with Crippen molar-refractivity contribution in [2.45, 2.75) is 51.6 Å². The summed E-state index contributed by atoms with van der Waals surface area (Å²) in [4.78, 5) is 0. The van der Waals surface area contributed by atoms with Crippen molar-refractivity contribution in [3.8, 4) is 0 Å². The molecule has 0 aromatic heterocycles. The minimum atomic E-state index is -0.407. The SMILES string of the molecule is C/C1=C/CCCC(C)(O)CC1. The molecule has 0 heterocycles. The third kappa shape index (κ3) is 3.06. The largest absolute Gasteiger partial charge is 0.390 e. The topological polar surface area (TPSA) is 20.2 Å². The second kappa shape index (κ2) is 3.40. The molecule has 11 heavy (non-hydrogen) atoms. The van der Waals surface area contributed by atoms with Crippen molar-refractivity contribution in [3.63, 3.8) is 0 Å². The molecule has 1 atom stereocenters. The standard InChI is InChI=1S/C10H18O/c1-9-5-3-4-7-10(2,11)8-6-9/h5,11H,3-4,6-8H2,1-2H3/b9-5-. The van der Waals surface area contributed by atoms with Gasteiger partial charge < -0.3 is 5.11 Å². The molecule has 0 amide bonds. The maximum Gasteiger partial charge on any atom is 0.0623 e. The van der Waals surface area contributed by atoms with E-state index in [-0.39, 0.29) is 0 Å². The van der Waals surface area contributed by atoms with Crippen LogP contribution in [0.2, 0.25) is 0 Å². The molecule has 1 rings (SSSR count). The van der Waals surface area contributed by atoms with Gasteiger partial charge in [-0.1, -0.05) is 11.6 Å². The van der Waals surface area contributed by atoms with Gasteiger partial charge in [0, 0.05) is 0 Å². The minimum absolute atomic E-state index is 0.407. The van der Waals surface area contributed by atoms with Gasteiger partial charge in [0.1, 0.15) is 0 Å². The molecule has 1 nitrogen and oxygen atoms in total. The second-order valence-corrected chi connectivity index (χ2v) is 3.94. The van der Waals surface area contributed by atoms with E-state index in [0.717, 1.165) is 32.1 Å². The van der Waals surface area contributed by atoms with E-state index in [1.165, 1.54) is 5.57 Å². The number of allylic oxidation sites excluding steroid dienone is 2. The van der Waals surface area contributed by atoms with Crippen LogP contribution in [0.1, 0.15) is 46.0 Å². The van der Waals surface area contributed by atoms with Crippen LogP contribution >= 0.6 is 0 Å². The van der Waals surface area contributed by atoms with Gasteiger partial charge in [0.2, 0.25) is 0 Å². The molecule has 1 aliphatic rings. The van der Waals surface area contributed by atoms with E-state index in [0.29, 0.717) is 0 Å². The van der Waals surface area contributed by atoms with Crippen LogP contribution in [0.5, 0.6) is 0 Å². The highest BCUT2D eigenvalue weighted by Gasteiger charge is 2.20. The molecule has 1 unspecified atom stereocenters. The lowest BCUT2D eigenvalue weighted by atomic mass is 9.89. The smallest absolute Gasteiger partial charge is 0.0623 e. The first-order chi connectivity index (χ1) is 5.10. The average Bonchev–Trinajstić information content (AvgIpc) is 1.92. The molecule has 0 saturated heterocycles. The van der Waals surface area contributed by atoms with Crippen LogP contribution in [0, 0.1) is 0 Å². The van der Waals surface area contributed by atoms with Gasteiger partial charge in [-0.3, -0.25) is 0 Å². The van der Waals surface area contributed by atoms with Crippen molar-refractivity contribution < 1.29 is 5.11 Å². The Morgan fingerprint density at radius 1 is 1.45 bits per heavy atom. The van der Waals surface area contributed by atoms with E-state index in [2.05, 4.69) is 13.0 Å². The van der Waals surface area contributed by atoms with Gasteiger partial charge in [-0.2, -0.15) is 0 Å². The molecule has 0 radical (unpaired) electrons. The summed E-state index contributed by atoms with van der Waals surface area (Å²) < 4.78 is 0. The summed E-state index contributed by atoms with van der Waals surface area (Å²) in [5.74, 6) is 0. The fourth-order valence-corrected chi connectivity index (χ4v) is 1.52. The molecule has 0 spiro atoms. The zero-order valence-corrected chi connectivity index (χ0v) is 7.56. The third-order valence-corrected chi connectivity index (χ3v) is 2.47. The second-order valence-electron chi connectivity index (χ2n) is 3.94. The monoisotopic (exact) mass is 154 g/mol. The van der Waals surface area contributed by atoms with Crippen molar-refractivity contribution in [2.75, 3.05) is 0 Å². The molecular formula is C10H18O. The molecule has 1 N–H and O–H groups in total. The van der Waals surface area contributed by atoms with Crippen LogP contribution in [0.15, 0.2) is 11.6 Å². The van der Waals surface area contributed by atoms with Crippen molar-refractivity contribution in [2.24, 2.45) is 0 Å². The fourth-order valence-electron chi connectivity index (χ4n) is 1.52. The number of hydrogen-bond donors (Lipinski definition) is 1. The summed E-state index contributed by atoms with van der Waals surface area (Å²) in [5.41, 5.74) is 1.03. The predicted molar refractivity (Wildman–Crippen MR) is 47.5 cm³/mol. The molecule has 0 saturated carbocycles. The lowest BCUT2D eigenvalue weighted by Gasteiger charge is -2.24. The van der Waals surface area contributed by atoms with Gasteiger partial charge in [0.25, 0.3) is 0 Å². The quantitative estimate of drug-likeness (QED) is 0.532. The van der Waals surface area contributed by atoms with Crippen LogP contribution in [-0.4, -0.2) is 10.7 Å². The summed E-state index contributed by atoms with van der Waals surface area (Å²) in [7, 11) is 0.